The fourth-order valence-electron chi connectivity index (χ4n) is 5.40. The molecule has 5 rings (SSSR count). The van der Waals surface area contributed by atoms with Gasteiger partial charge in [-0.25, -0.2) is 9.78 Å². The Balaban J connectivity index is 1.54. The number of aromatic nitrogens is 2. The molecular weight excluding hydrogens is 388 g/mol. The van der Waals surface area contributed by atoms with Crippen LogP contribution in [-0.4, -0.2) is 28.7 Å². The quantitative estimate of drug-likeness (QED) is 0.501. The second-order valence-corrected chi connectivity index (χ2v) is 8.57. The third-order valence-corrected chi connectivity index (χ3v) is 6.66. The highest BCUT2D eigenvalue weighted by atomic mass is 16.6. The molecule has 2 bridgehead atoms. The van der Waals surface area contributed by atoms with Gasteiger partial charge in [-0.2, -0.15) is 0 Å². The molecule has 2 heterocycles. The van der Waals surface area contributed by atoms with Crippen molar-refractivity contribution >= 4 is 5.97 Å². The van der Waals surface area contributed by atoms with Gasteiger partial charge in [0.2, 0.25) is 0 Å². The molecule has 3 aromatic rings. The van der Waals surface area contributed by atoms with E-state index in [4.69, 9.17) is 14.5 Å². The highest BCUT2D eigenvalue weighted by molar-refractivity contribution is 5.73. The Bertz CT molecular complexity index is 1130. The predicted molar refractivity (Wildman–Crippen MR) is 120 cm³/mol. The van der Waals surface area contributed by atoms with Gasteiger partial charge in [0.25, 0.3) is 0 Å². The summed E-state index contributed by atoms with van der Waals surface area (Å²) in [5.74, 6) is 2.50. The van der Waals surface area contributed by atoms with Gasteiger partial charge < -0.3 is 14.0 Å². The Kier molecular flexibility index (Phi) is 5.05. The third kappa shape index (κ3) is 3.42. The number of rotatable bonds is 6. The van der Waals surface area contributed by atoms with E-state index in [-0.39, 0.29) is 12.6 Å². The lowest BCUT2D eigenvalue weighted by atomic mass is 9.86. The molecule has 0 amide bonds. The van der Waals surface area contributed by atoms with Crippen molar-refractivity contribution in [2.75, 3.05) is 13.2 Å². The number of benzene rings is 1. The summed E-state index contributed by atoms with van der Waals surface area (Å²) >= 11 is 0. The second-order valence-electron chi connectivity index (χ2n) is 8.57. The van der Waals surface area contributed by atoms with Gasteiger partial charge in [0.15, 0.2) is 6.61 Å². The van der Waals surface area contributed by atoms with Crippen LogP contribution in [0.25, 0.3) is 17.1 Å². The number of nitrogens with zero attached hydrogens (tertiary/aromatic N) is 2. The van der Waals surface area contributed by atoms with Crippen LogP contribution in [0.1, 0.15) is 60.5 Å². The molecule has 5 heteroatoms. The van der Waals surface area contributed by atoms with Crippen molar-refractivity contribution in [3.8, 4) is 22.8 Å². The molecule has 0 N–H and O–H groups in total. The predicted octanol–water partition coefficient (Wildman–Crippen LogP) is 5.46. The van der Waals surface area contributed by atoms with Crippen LogP contribution in [0.4, 0.5) is 0 Å². The van der Waals surface area contributed by atoms with E-state index < -0.39 is 0 Å². The molecule has 5 nitrogen and oxygen atoms in total. The van der Waals surface area contributed by atoms with E-state index in [0.29, 0.717) is 18.4 Å². The highest BCUT2D eigenvalue weighted by Gasteiger charge is 2.41. The summed E-state index contributed by atoms with van der Waals surface area (Å²) in [6, 6.07) is 14.6. The lowest BCUT2D eigenvalue weighted by Gasteiger charge is -2.22. The first-order valence-corrected chi connectivity index (χ1v) is 11.1. The van der Waals surface area contributed by atoms with E-state index in [1.165, 1.54) is 40.9 Å². The van der Waals surface area contributed by atoms with Crippen molar-refractivity contribution in [3.05, 3.63) is 65.0 Å². The molecular formula is C26H28N2O3. The molecule has 2 aromatic heterocycles. The van der Waals surface area contributed by atoms with Gasteiger partial charge in [-0.3, -0.25) is 0 Å². The van der Waals surface area contributed by atoms with Crippen LogP contribution in [-0.2, 0) is 9.53 Å². The molecule has 1 saturated carbocycles. The van der Waals surface area contributed by atoms with Crippen molar-refractivity contribution in [1.29, 1.82) is 0 Å². The van der Waals surface area contributed by atoms with E-state index in [1.54, 1.807) is 6.92 Å². The number of esters is 1. The second kappa shape index (κ2) is 7.88. The number of hydrogen-bond donors (Lipinski definition) is 0. The number of ether oxygens (including phenoxy) is 2. The van der Waals surface area contributed by atoms with Crippen molar-refractivity contribution in [2.24, 2.45) is 0 Å². The Morgan fingerprint density at radius 1 is 1.03 bits per heavy atom. The minimum absolute atomic E-state index is 0.0447. The molecule has 0 spiro atoms. The maximum absolute atomic E-state index is 11.8. The first-order chi connectivity index (χ1) is 15.1. The van der Waals surface area contributed by atoms with Crippen LogP contribution in [0.2, 0.25) is 0 Å². The molecule has 0 saturated heterocycles. The summed E-state index contributed by atoms with van der Waals surface area (Å²) in [6.07, 6.45) is 3.56. The van der Waals surface area contributed by atoms with Gasteiger partial charge >= 0.3 is 5.97 Å². The molecule has 1 fully saturated rings. The smallest absolute Gasteiger partial charge is 0.344 e. The Morgan fingerprint density at radius 2 is 1.77 bits per heavy atom. The standard InChI is InChI=1S/C26H28N2O3/c1-4-30-24(29)15-31-22-13-12-20(25-18-10-11-19(14-18)26(22)25)21-6-5-7-23(27-21)28-16(2)8-9-17(28)3/h5-9,12-13,18-19H,4,10-11,14-15H2,1-3H3. The number of pyridine rings is 1. The first kappa shape index (κ1) is 19.9. The molecule has 1 aromatic carbocycles. The molecule has 31 heavy (non-hydrogen) atoms. The van der Waals surface area contributed by atoms with Crippen LogP contribution >= 0.6 is 0 Å². The summed E-state index contributed by atoms with van der Waals surface area (Å²) in [7, 11) is 0. The summed E-state index contributed by atoms with van der Waals surface area (Å²) in [6.45, 7) is 6.34. The van der Waals surface area contributed by atoms with Crippen LogP contribution in [0, 0.1) is 13.8 Å². The Morgan fingerprint density at radius 3 is 2.52 bits per heavy atom. The van der Waals surface area contributed by atoms with E-state index in [2.05, 4.69) is 54.8 Å². The molecule has 2 atom stereocenters. The zero-order valence-corrected chi connectivity index (χ0v) is 18.4. The Labute approximate surface area is 183 Å². The van der Waals surface area contributed by atoms with Gasteiger partial charge in [0.05, 0.1) is 12.3 Å². The average Bonchev–Trinajstić information content (AvgIpc) is 3.48. The zero-order valence-electron chi connectivity index (χ0n) is 18.4. The minimum atomic E-state index is -0.324. The fourth-order valence-corrected chi connectivity index (χ4v) is 5.40. The average molecular weight is 417 g/mol. The molecule has 2 unspecified atom stereocenters. The summed E-state index contributed by atoms with van der Waals surface area (Å²) in [4.78, 5) is 16.9. The van der Waals surface area contributed by atoms with Gasteiger partial charge in [-0.05, 0) is 93.8 Å². The molecule has 2 aliphatic carbocycles. The van der Waals surface area contributed by atoms with E-state index in [9.17, 15) is 4.79 Å². The van der Waals surface area contributed by atoms with E-state index >= 15 is 0 Å². The lowest BCUT2D eigenvalue weighted by Crippen LogP contribution is -2.16. The van der Waals surface area contributed by atoms with Crippen LogP contribution in [0.15, 0.2) is 42.5 Å². The van der Waals surface area contributed by atoms with Crippen LogP contribution in [0.3, 0.4) is 0 Å². The number of carbonyl (C=O) groups excluding carboxylic acids is 1. The number of fused-ring (bicyclic) bond motifs is 5. The Hall–Kier alpha value is -3.08. The topological polar surface area (TPSA) is 53.4 Å². The lowest BCUT2D eigenvalue weighted by molar-refractivity contribution is -0.145. The zero-order chi connectivity index (χ0) is 21.5. The highest BCUT2D eigenvalue weighted by Crippen LogP contribution is 2.58. The minimum Gasteiger partial charge on any atom is -0.482 e. The van der Waals surface area contributed by atoms with E-state index in [1.807, 2.05) is 6.07 Å². The summed E-state index contributed by atoms with van der Waals surface area (Å²) in [5.41, 5.74) is 7.17. The van der Waals surface area contributed by atoms with Crippen LogP contribution < -0.4 is 4.74 Å². The molecule has 2 aliphatic rings. The number of hydrogen-bond acceptors (Lipinski definition) is 4. The van der Waals surface area contributed by atoms with Gasteiger partial charge in [0.1, 0.15) is 11.6 Å². The van der Waals surface area contributed by atoms with Gasteiger partial charge in [-0.15, -0.1) is 0 Å². The molecule has 0 radical (unpaired) electrons. The van der Waals surface area contributed by atoms with Crippen molar-refractivity contribution in [1.82, 2.24) is 9.55 Å². The molecule has 160 valence electrons. The van der Waals surface area contributed by atoms with Gasteiger partial charge in [0, 0.05) is 22.5 Å². The maximum atomic E-state index is 11.8. The largest absolute Gasteiger partial charge is 0.482 e. The number of aryl methyl sites for hydroxylation is 2. The first-order valence-electron chi connectivity index (χ1n) is 11.1. The maximum Gasteiger partial charge on any atom is 0.344 e. The molecule has 0 aliphatic heterocycles. The third-order valence-electron chi connectivity index (χ3n) is 6.66. The van der Waals surface area contributed by atoms with Crippen LogP contribution in [0.5, 0.6) is 5.75 Å². The van der Waals surface area contributed by atoms with Crippen molar-refractivity contribution in [2.45, 2.75) is 51.9 Å². The van der Waals surface area contributed by atoms with E-state index in [0.717, 1.165) is 23.7 Å². The fraction of sp³-hybridized carbons (Fsp3) is 0.385. The van der Waals surface area contributed by atoms with Gasteiger partial charge in [-0.1, -0.05) is 6.07 Å². The monoisotopic (exact) mass is 416 g/mol. The number of carbonyl (C=O) groups is 1. The van der Waals surface area contributed by atoms with Crippen molar-refractivity contribution in [3.63, 3.8) is 0 Å². The van der Waals surface area contributed by atoms with Crippen molar-refractivity contribution < 1.29 is 14.3 Å². The summed E-state index contributed by atoms with van der Waals surface area (Å²) in [5, 5.41) is 0. The summed E-state index contributed by atoms with van der Waals surface area (Å²) < 4.78 is 13.1. The normalized spacial score (nSPS) is 18.8. The SMILES string of the molecule is CCOC(=O)COc1ccc(-c2cccc(-n3c(C)ccc3C)n2)c2c1C1CCC2C1.